The van der Waals surface area contributed by atoms with Crippen molar-refractivity contribution in [3.8, 4) is 0 Å². The van der Waals surface area contributed by atoms with E-state index in [1.54, 1.807) is 6.92 Å². The number of rotatable bonds is 2. The molecule has 6 nitrogen and oxygen atoms in total. The third-order valence-corrected chi connectivity index (χ3v) is 2.54. The Balaban J connectivity index is 2.08. The number of hydrogen-bond acceptors (Lipinski definition) is 5. The predicted molar refractivity (Wildman–Crippen MR) is 56.7 cm³/mol. The van der Waals surface area contributed by atoms with Gasteiger partial charge in [0.2, 0.25) is 5.95 Å². The standard InChI is InChI=1S/C9H17N5O/c1-6-5-14(4-3-10-6)9-11-8(7(2)15)12-13-9/h6-7,10,15H,3-5H2,1-2H3,(H,11,12,13). The Morgan fingerprint density at radius 1 is 1.60 bits per heavy atom. The molecule has 0 saturated carbocycles. The molecule has 0 aliphatic carbocycles. The predicted octanol–water partition coefficient (Wildman–Crippen LogP) is -0.344. The van der Waals surface area contributed by atoms with E-state index in [2.05, 4.69) is 32.3 Å². The normalized spacial score (nSPS) is 24.2. The van der Waals surface area contributed by atoms with Gasteiger partial charge >= 0.3 is 0 Å². The SMILES string of the molecule is CC1CN(c2n[nH]c(C(C)O)n2)CCN1. The van der Waals surface area contributed by atoms with Crippen LogP contribution in [0.4, 0.5) is 5.95 Å². The van der Waals surface area contributed by atoms with Crippen molar-refractivity contribution >= 4 is 5.95 Å². The van der Waals surface area contributed by atoms with Crippen LogP contribution in [0.25, 0.3) is 0 Å². The Hall–Kier alpha value is -1.14. The average Bonchev–Trinajstić information content (AvgIpc) is 2.66. The van der Waals surface area contributed by atoms with Crippen LogP contribution in [0.2, 0.25) is 0 Å². The smallest absolute Gasteiger partial charge is 0.244 e. The zero-order valence-electron chi connectivity index (χ0n) is 9.06. The van der Waals surface area contributed by atoms with Crippen molar-refractivity contribution in [1.29, 1.82) is 0 Å². The van der Waals surface area contributed by atoms with Crippen LogP contribution in [0.5, 0.6) is 0 Å². The molecule has 2 unspecified atom stereocenters. The molecule has 2 heterocycles. The molecule has 0 aromatic carbocycles. The maximum absolute atomic E-state index is 9.32. The molecule has 3 N–H and O–H groups in total. The maximum atomic E-state index is 9.32. The van der Waals surface area contributed by atoms with Crippen LogP contribution in [0, 0.1) is 0 Å². The zero-order chi connectivity index (χ0) is 10.8. The highest BCUT2D eigenvalue weighted by Gasteiger charge is 2.19. The molecule has 1 saturated heterocycles. The van der Waals surface area contributed by atoms with Gasteiger partial charge in [-0.3, -0.25) is 5.10 Å². The Bertz CT molecular complexity index is 324. The first kappa shape index (κ1) is 10.4. The number of nitrogens with zero attached hydrogens (tertiary/aromatic N) is 3. The average molecular weight is 211 g/mol. The van der Waals surface area contributed by atoms with Crippen LogP contribution < -0.4 is 10.2 Å². The van der Waals surface area contributed by atoms with Gasteiger partial charge in [0.05, 0.1) is 0 Å². The number of aliphatic hydroxyl groups excluding tert-OH is 1. The summed E-state index contributed by atoms with van der Waals surface area (Å²) in [6.07, 6.45) is -0.591. The number of nitrogens with one attached hydrogen (secondary N) is 2. The topological polar surface area (TPSA) is 77.1 Å². The van der Waals surface area contributed by atoms with E-state index < -0.39 is 6.10 Å². The van der Waals surface area contributed by atoms with Gasteiger partial charge in [-0.05, 0) is 13.8 Å². The lowest BCUT2D eigenvalue weighted by Gasteiger charge is -2.30. The number of H-pyrrole nitrogens is 1. The monoisotopic (exact) mass is 211 g/mol. The van der Waals surface area contributed by atoms with Crippen LogP contribution in [0.15, 0.2) is 0 Å². The van der Waals surface area contributed by atoms with E-state index in [0.29, 0.717) is 17.8 Å². The minimum atomic E-state index is -0.591. The number of aromatic nitrogens is 3. The molecular weight excluding hydrogens is 194 g/mol. The lowest BCUT2D eigenvalue weighted by molar-refractivity contribution is 0.189. The number of hydrogen-bond donors (Lipinski definition) is 3. The summed E-state index contributed by atoms with van der Waals surface area (Å²) >= 11 is 0. The zero-order valence-corrected chi connectivity index (χ0v) is 9.06. The summed E-state index contributed by atoms with van der Waals surface area (Å²) in [7, 11) is 0. The van der Waals surface area contributed by atoms with E-state index in [-0.39, 0.29) is 0 Å². The summed E-state index contributed by atoms with van der Waals surface area (Å²) < 4.78 is 0. The van der Waals surface area contributed by atoms with Gasteiger partial charge in [-0.2, -0.15) is 4.98 Å². The lowest BCUT2D eigenvalue weighted by atomic mass is 10.2. The molecule has 1 aliphatic heterocycles. The summed E-state index contributed by atoms with van der Waals surface area (Å²) in [5, 5.41) is 19.5. The van der Waals surface area contributed by atoms with Gasteiger partial charge in [-0.25, -0.2) is 0 Å². The first-order valence-electron chi connectivity index (χ1n) is 5.25. The molecule has 84 valence electrons. The van der Waals surface area contributed by atoms with Gasteiger partial charge in [0.15, 0.2) is 5.82 Å². The second-order valence-corrected chi connectivity index (χ2v) is 4.00. The molecule has 6 heteroatoms. The van der Waals surface area contributed by atoms with Gasteiger partial charge < -0.3 is 15.3 Å². The van der Waals surface area contributed by atoms with E-state index in [0.717, 1.165) is 19.6 Å². The highest BCUT2D eigenvalue weighted by atomic mass is 16.3. The molecule has 2 rings (SSSR count). The Labute approximate surface area is 88.7 Å². The summed E-state index contributed by atoms with van der Waals surface area (Å²) in [6.45, 7) is 6.55. The van der Waals surface area contributed by atoms with Gasteiger partial charge in [0, 0.05) is 25.7 Å². The van der Waals surface area contributed by atoms with E-state index in [1.807, 2.05) is 0 Å². The van der Waals surface area contributed by atoms with Gasteiger partial charge in [-0.15, -0.1) is 5.10 Å². The van der Waals surface area contributed by atoms with Gasteiger partial charge in [-0.1, -0.05) is 0 Å². The van der Waals surface area contributed by atoms with Crippen molar-refractivity contribution < 1.29 is 5.11 Å². The molecule has 15 heavy (non-hydrogen) atoms. The Kier molecular flexibility index (Phi) is 2.88. The van der Waals surface area contributed by atoms with Crippen LogP contribution in [0.3, 0.4) is 0 Å². The fraction of sp³-hybridized carbons (Fsp3) is 0.778. The molecule has 0 bridgehead atoms. The van der Waals surface area contributed by atoms with Crippen LogP contribution in [-0.2, 0) is 0 Å². The van der Waals surface area contributed by atoms with E-state index in [4.69, 9.17) is 0 Å². The third kappa shape index (κ3) is 2.27. The van der Waals surface area contributed by atoms with Crippen molar-refractivity contribution in [3.63, 3.8) is 0 Å². The fourth-order valence-corrected chi connectivity index (χ4v) is 1.71. The summed E-state index contributed by atoms with van der Waals surface area (Å²) in [6, 6.07) is 0.451. The van der Waals surface area contributed by atoms with E-state index in [1.165, 1.54) is 0 Å². The first-order valence-corrected chi connectivity index (χ1v) is 5.25. The first-order chi connectivity index (χ1) is 7.16. The second kappa shape index (κ2) is 4.16. The van der Waals surface area contributed by atoms with Crippen LogP contribution in [-0.4, -0.2) is 46.0 Å². The van der Waals surface area contributed by atoms with Crippen molar-refractivity contribution in [3.05, 3.63) is 5.82 Å². The minimum absolute atomic E-state index is 0.451. The highest BCUT2D eigenvalue weighted by Crippen LogP contribution is 2.13. The highest BCUT2D eigenvalue weighted by molar-refractivity contribution is 5.30. The van der Waals surface area contributed by atoms with Crippen molar-refractivity contribution in [2.24, 2.45) is 0 Å². The maximum Gasteiger partial charge on any atom is 0.244 e. The second-order valence-electron chi connectivity index (χ2n) is 4.00. The lowest BCUT2D eigenvalue weighted by Crippen LogP contribution is -2.49. The van der Waals surface area contributed by atoms with E-state index in [9.17, 15) is 5.11 Å². The quantitative estimate of drug-likeness (QED) is 0.623. The summed E-state index contributed by atoms with van der Waals surface area (Å²) in [5.74, 6) is 1.20. The minimum Gasteiger partial charge on any atom is -0.385 e. The third-order valence-electron chi connectivity index (χ3n) is 2.54. The summed E-state index contributed by atoms with van der Waals surface area (Å²) in [4.78, 5) is 6.36. The summed E-state index contributed by atoms with van der Waals surface area (Å²) in [5.41, 5.74) is 0. The van der Waals surface area contributed by atoms with Crippen molar-refractivity contribution in [2.45, 2.75) is 26.0 Å². The molecule has 0 amide bonds. The number of anilines is 1. The van der Waals surface area contributed by atoms with Gasteiger partial charge in [0.25, 0.3) is 0 Å². The molecule has 0 radical (unpaired) electrons. The number of aromatic amines is 1. The van der Waals surface area contributed by atoms with E-state index >= 15 is 0 Å². The molecular formula is C9H17N5O. The molecule has 1 aromatic heterocycles. The fourth-order valence-electron chi connectivity index (χ4n) is 1.71. The number of aliphatic hydroxyl groups is 1. The largest absolute Gasteiger partial charge is 0.385 e. The van der Waals surface area contributed by atoms with Crippen molar-refractivity contribution in [1.82, 2.24) is 20.5 Å². The Morgan fingerprint density at radius 3 is 3.00 bits per heavy atom. The molecule has 0 spiro atoms. The number of piperazine rings is 1. The molecule has 2 atom stereocenters. The van der Waals surface area contributed by atoms with Gasteiger partial charge in [0.1, 0.15) is 6.10 Å². The van der Waals surface area contributed by atoms with Crippen LogP contribution >= 0.6 is 0 Å². The molecule has 1 aromatic rings. The molecule has 1 aliphatic rings. The Morgan fingerprint density at radius 2 is 2.40 bits per heavy atom. The van der Waals surface area contributed by atoms with Crippen LogP contribution in [0.1, 0.15) is 25.8 Å². The van der Waals surface area contributed by atoms with Crippen molar-refractivity contribution in [2.75, 3.05) is 24.5 Å². The molecule has 1 fully saturated rings.